The van der Waals surface area contributed by atoms with Crippen molar-refractivity contribution in [3.63, 3.8) is 0 Å². The van der Waals surface area contributed by atoms with Crippen LogP contribution in [-0.4, -0.2) is 11.7 Å². The fraction of sp³-hybridized carbons (Fsp3) is 0.500. The molecule has 0 amide bonds. The van der Waals surface area contributed by atoms with Crippen molar-refractivity contribution >= 4 is 0 Å². The summed E-state index contributed by atoms with van der Waals surface area (Å²) in [6.07, 6.45) is 5.77. The minimum Gasteiger partial charge on any atom is -0.512 e. The molecule has 2 nitrogen and oxygen atoms in total. The summed E-state index contributed by atoms with van der Waals surface area (Å²) in [4.78, 5) is 0. The van der Waals surface area contributed by atoms with Crippen LogP contribution < -0.4 is 5.32 Å². The van der Waals surface area contributed by atoms with Gasteiger partial charge in [0.2, 0.25) is 0 Å². The van der Waals surface area contributed by atoms with Gasteiger partial charge in [0.25, 0.3) is 0 Å². The SMILES string of the molecule is OC1=CC=C2NCCC2C1. The van der Waals surface area contributed by atoms with Crippen LogP contribution in [0.4, 0.5) is 0 Å². The van der Waals surface area contributed by atoms with E-state index in [0.29, 0.717) is 11.7 Å². The zero-order valence-electron chi connectivity index (χ0n) is 5.80. The minimum absolute atomic E-state index is 0.525. The van der Waals surface area contributed by atoms with Crippen LogP contribution in [0.1, 0.15) is 12.8 Å². The standard InChI is InChI=1S/C8H11NO/c10-7-1-2-8-6(5-7)3-4-9-8/h1-2,6,9-10H,3-5H2. The van der Waals surface area contributed by atoms with Gasteiger partial charge in [-0.3, -0.25) is 0 Å². The van der Waals surface area contributed by atoms with E-state index in [2.05, 4.69) is 5.32 Å². The maximum Gasteiger partial charge on any atom is 0.0929 e. The predicted molar refractivity (Wildman–Crippen MR) is 39.5 cm³/mol. The Morgan fingerprint density at radius 2 is 2.40 bits per heavy atom. The lowest BCUT2D eigenvalue weighted by Crippen LogP contribution is -2.09. The zero-order valence-corrected chi connectivity index (χ0v) is 5.80. The molecule has 10 heavy (non-hydrogen) atoms. The Bertz CT molecular complexity index is 205. The molecule has 1 atom stereocenters. The Morgan fingerprint density at radius 1 is 1.50 bits per heavy atom. The monoisotopic (exact) mass is 137 g/mol. The number of fused-ring (bicyclic) bond motifs is 1. The highest BCUT2D eigenvalue weighted by Crippen LogP contribution is 2.28. The molecule has 1 aliphatic heterocycles. The summed E-state index contributed by atoms with van der Waals surface area (Å²) < 4.78 is 0. The quantitative estimate of drug-likeness (QED) is 0.528. The molecule has 2 rings (SSSR count). The molecule has 0 radical (unpaired) electrons. The van der Waals surface area contributed by atoms with Gasteiger partial charge in [0, 0.05) is 24.6 Å². The second-order valence-electron chi connectivity index (χ2n) is 2.90. The van der Waals surface area contributed by atoms with Crippen LogP contribution in [0.2, 0.25) is 0 Å². The Labute approximate surface area is 60.2 Å². The second kappa shape index (κ2) is 2.04. The van der Waals surface area contributed by atoms with Crippen molar-refractivity contribution in [2.24, 2.45) is 5.92 Å². The molecular formula is C8H11NO. The maximum atomic E-state index is 9.14. The fourth-order valence-corrected chi connectivity index (χ4v) is 1.60. The van der Waals surface area contributed by atoms with E-state index in [0.717, 1.165) is 13.0 Å². The highest BCUT2D eigenvalue weighted by Gasteiger charge is 2.23. The van der Waals surface area contributed by atoms with Gasteiger partial charge in [0.05, 0.1) is 5.76 Å². The van der Waals surface area contributed by atoms with Crippen LogP contribution in [0.25, 0.3) is 0 Å². The molecule has 0 spiro atoms. The van der Waals surface area contributed by atoms with Crippen LogP contribution in [-0.2, 0) is 0 Å². The fourth-order valence-electron chi connectivity index (χ4n) is 1.60. The first-order valence-corrected chi connectivity index (χ1v) is 3.70. The smallest absolute Gasteiger partial charge is 0.0929 e. The number of aliphatic hydroxyl groups is 1. The van der Waals surface area contributed by atoms with E-state index >= 15 is 0 Å². The molecule has 2 aliphatic rings. The van der Waals surface area contributed by atoms with E-state index in [1.165, 1.54) is 12.1 Å². The number of aliphatic hydroxyl groups excluding tert-OH is 1. The molecular weight excluding hydrogens is 126 g/mol. The van der Waals surface area contributed by atoms with E-state index < -0.39 is 0 Å². The van der Waals surface area contributed by atoms with Gasteiger partial charge in [-0.05, 0) is 18.6 Å². The number of hydrogen-bond acceptors (Lipinski definition) is 2. The second-order valence-corrected chi connectivity index (χ2v) is 2.90. The predicted octanol–water partition coefficient (Wildman–Crippen LogP) is 1.33. The molecule has 0 aromatic rings. The molecule has 0 aromatic heterocycles. The van der Waals surface area contributed by atoms with Gasteiger partial charge in [0.1, 0.15) is 0 Å². The van der Waals surface area contributed by atoms with Crippen LogP contribution >= 0.6 is 0 Å². The number of hydrogen-bond donors (Lipinski definition) is 2. The molecule has 1 heterocycles. The molecule has 2 N–H and O–H groups in total. The summed E-state index contributed by atoms with van der Waals surface area (Å²) in [5, 5.41) is 12.4. The number of allylic oxidation sites excluding steroid dienone is 4. The van der Waals surface area contributed by atoms with E-state index in [4.69, 9.17) is 5.11 Å². The van der Waals surface area contributed by atoms with E-state index in [1.807, 2.05) is 6.08 Å². The molecule has 0 bridgehead atoms. The highest BCUT2D eigenvalue weighted by atomic mass is 16.3. The van der Waals surface area contributed by atoms with Gasteiger partial charge in [-0.2, -0.15) is 0 Å². The molecule has 1 saturated heterocycles. The van der Waals surface area contributed by atoms with Crippen LogP contribution in [0.3, 0.4) is 0 Å². The summed E-state index contributed by atoms with van der Waals surface area (Å²) >= 11 is 0. The van der Waals surface area contributed by atoms with Crippen LogP contribution in [0.5, 0.6) is 0 Å². The summed E-state index contributed by atoms with van der Waals surface area (Å²) in [6.45, 7) is 1.07. The third kappa shape index (κ3) is 0.801. The lowest BCUT2D eigenvalue weighted by atomic mass is 9.96. The van der Waals surface area contributed by atoms with Crippen LogP contribution in [0.15, 0.2) is 23.6 Å². The number of rotatable bonds is 0. The van der Waals surface area contributed by atoms with Crippen molar-refractivity contribution < 1.29 is 5.11 Å². The minimum atomic E-state index is 0.525. The first kappa shape index (κ1) is 5.83. The Balaban J connectivity index is 2.22. The average Bonchev–Trinajstić information content (AvgIpc) is 2.33. The van der Waals surface area contributed by atoms with Crippen molar-refractivity contribution in [1.82, 2.24) is 5.32 Å². The molecule has 1 unspecified atom stereocenters. The van der Waals surface area contributed by atoms with Gasteiger partial charge in [-0.1, -0.05) is 0 Å². The topological polar surface area (TPSA) is 32.3 Å². The van der Waals surface area contributed by atoms with Gasteiger partial charge >= 0.3 is 0 Å². The normalized spacial score (nSPS) is 30.2. The van der Waals surface area contributed by atoms with Crippen LogP contribution in [0, 0.1) is 5.92 Å². The first-order chi connectivity index (χ1) is 4.86. The van der Waals surface area contributed by atoms with Gasteiger partial charge in [0.15, 0.2) is 0 Å². The third-order valence-electron chi connectivity index (χ3n) is 2.17. The lowest BCUT2D eigenvalue weighted by Gasteiger charge is -2.13. The van der Waals surface area contributed by atoms with Crippen molar-refractivity contribution in [3.05, 3.63) is 23.6 Å². The summed E-state index contributed by atoms with van der Waals surface area (Å²) in [5.41, 5.74) is 1.30. The Kier molecular flexibility index (Phi) is 1.19. The van der Waals surface area contributed by atoms with E-state index in [-0.39, 0.29) is 0 Å². The summed E-state index contributed by atoms with van der Waals surface area (Å²) in [7, 11) is 0. The van der Waals surface area contributed by atoms with Gasteiger partial charge < -0.3 is 10.4 Å². The van der Waals surface area contributed by atoms with Crippen molar-refractivity contribution in [2.75, 3.05) is 6.54 Å². The largest absolute Gasteiger partial charge is 0.512 e. The molecule has 1 aliphatic carbocycles. The molecule has 2 heteroatoms. The average molecular weight is 137 g/mol. The molecule has 1 fully saturated rings. The van der Waals surface area contributed by atoms with Crippen molar-refractivity contribution in [1.29, 1.82) is 0 Å². The first-order valence-electron chi connectivity index (χ1n) is 3.70. The molecule has 0 saturated carbocycles. The lowest BCUT2D eigenvalue weighted by molar-refractivity contribution is 0.361. The van der Waals surface area contributed by atoms with Gasteiger partial charge in [-0.15, -0.1) is 0 Å². The highest BCUT2D eigenvalue weighted by molar-refractivity contribution is 5.24. The summed E-state index contributed by atoms with van der Waals surface area (Å²) in [5.74, 6) is 1.10. The zero-order chi connectivity index (χ0) is 6.97. The number of nitrogens with one attached hydrogen (secondary N) is 1. The van der Waals surface area contributed by atoms with Crippen molar-refractivity contribution in [3.8, 4) is 0 Å². The van der Waals surface area contributed by atoms with Crippen molar-refractivity contribution in [2.45, 2.75) is 12.8 Å². The Hall–Kier alpha value is -0.920. The van der Waals surface area contributed by atoms with Gasteiger partial charge in [-0.25, -0.2) is 0 Å². The Morgan fingerprint density at radius 3 is 3.30 bits per heavy atom. The summed E-state index contributed by atoms with van der Waals surface area (Å²) in [6, 6.07) is 0. The molecule has 54 valence electrons. The third-order valence-corrected chi connectivity index (χ3v) is 2.17. The maximum absolute atomic E-state index is 9.14. The molecule has 0 aromatic carbocycles. The van der Waals surface area contributed by atoms with E-state index in [1.54, 1.807) is 6.08 Å². The van der Waals surface area contributed by atoms with E-state index in [9.17, 15) is 0 Å².